The maximum absolute atomic E-state index is 8.60. The highest BCUT2D eigenvalue weighted by Crippen LogP contribution is 2.41. The summed E-state index contributed by atoms with van der Waals surface area (Å²) >= 11 is 0. The van der Waals surface area contributed by atoms with Crippen molar-refractivity contribution in [2.75, 3.05) is 0 Å². The first kappa shape index (κ1) is 14.0. The number of hydrogen-bond acceptors (Lipinski definition) is 4. The Morgan fingerprint density at radius 2 is 2.11 bits per heavy atom. The summed E-state index contributed by atoms with van der Waals surface area (Å²) in [5.41, 5.74) is 0.461. The molecule has 0 aliphatic heterocycles. The number of rotatable bonds is 4. The summed E-state index contributed by atoms with van der Waals surface area (Å²) in [5.74, 6) is 2.19. The Morgan fingerprint density at radius 1 is 1.42 bits per heavy atom. The summed E-state index contributed by atoms with van der Waals surface area (Å²) in [6.07, 6.45) is 6.08. The summed E-state index contributed by atoms with van der Waals surface area (Å²) in [4.78, 5) is 4.55. The van der Waals surface area contributed by atoms with Crippen molar-refractivity contribution in [2.24, 2.45) is 5.41 Å². The van der Waals surface area contributed by atoms with Crippen LogP contribution in [0.4, 0.5) is 0 Å². The lowest BCUT2D eigenvalue weighted by Crippen LogP contribution is -2.20. The lowest BCUT2D eigenvalue weighted by atomic mass is 9.73. The molecule has 1 fully saturated rings. The number of aromatic nitrogens is 2. The van der Waals surface area contributed by atoms with Gasteiger partial charge in [-0.1, -0.05) is 25.9 Å². The van der Waals surface area contributed by atoms with Gasteiger partial charge in [-0.15, -0.1) is 0 Å². The van der Waals surface area contributed by atoms with Crippen molar-refractivity contribution in [1.29, 1.82) is 5.26 Å². The second-order valence-electron chi connectivity index (χ2n) is 6.53. The van der Waals surface area contributed by atoms with Crippen LogP contribution in [0.15, 0.2) is 4.52 Å². The summed E-state index contributed by atoms with van der Waals surface area (Å²) in [7, 11) is 0. The quantitative estimate of drug-likeness (QED) is 0.816. The smallest absolute Gasteiger partial charge is 0.229 e. The Kier molecular flexibility index (Phi) is 4.24. The van der Waals surface area contributed by atoms with Crippen LogP contribution in [0.5, 0.6) is 0 Å². The van der Waals surface area contributed by atoms with E-state index in [9.17, 15) is 0 Å². The van der Waals surface area contributed by atoms with E-state index >= 15 is 0 Å². The van der Waals surface area contributed by atoms with Gasteiger partial charge in [0.05, 0.1) is 6.07 Å². The molecule has 4 heteroatoms. The predicted octanol–water partition coefficient (Wildman–Crippen LogP) is 4.16. The van der Waals surface area contributed by atoms with Gasteiger partial charge in [-0.05, 0) is 37.5 Å². The molecule has 1 aromatic heterocycles. The fraction of sp³-hybridized carbons (Fsp3) is 0.800. The highest BCUT2D eigenvalue weighted by atomic mass is 16.5. The average molecular weight is 261 g/mol. The first-order valence-corrected chi connectivity index (χ1v) is 7.22. The minimum absolute atomic E-state index is 0.181. The van der Waals surface area contributed by atoms with E-state index in [1.165, 1.54) is 12.8 Å². The van der Waals surface area contributed by atoms with Crippen LogP contribution in [0.2, 0.25) is 0 Å². The topological polar surface area (TPSA) is 62.7 Å². The van der Waals surface area contributed by atoms with Crippen LogP contribution in [0.1, 0.15) is 82.8 Å². The fourth-order valence-corrected chi connectivity index (χ4v) is 2.68. The molecule has 0 amide bonds. The summed E-state index contributed by atoms with van der Waals surface area (Å²) in [5, 5.41) is 12.8. The molecule has 0 saturated heterocycles. The van der Waals surface area contributed by atoms with Crippen LogP contribution in [0, 0.1) is 16.7 Å². The maximum atomic E-state index is 8.60. The monoisotopic (exact) mass is 261 g/mol. The molecule has 0 N–H and O–H groups in total. The van der Waals surface area contributed by atoms with Crippen molar-refractivity contribution >= 4 is 0 Å². The third-order valence-corrected chi connectivity index (χ3v) is 4.27. The zero-order valence-electron chi connectivity index (χ0n) is 12.1. The van der Waals surface area contributed by atoms with E-state index in [0.29, 0.717) is 23.6 Å². The van der Waals surface area contributed by atoms with E-state index < -0.39 is 0 Å². The van der Waals surface area contributed by atoms with Gasteiger partial charge < -0.3 is 4.52 Å². The van der Waals surface area contributed by atoms with Crippen LogP contribution >= 0.6 is 0 Å². The van der Waals surface area contributed by atoms with Crippen molar-refractivity contribution in [3.05, 3.63) is 11.7 Å². The zero-order valence-corrected chi connectivity index (χ0v) is 12.1. The summed E-state index contributed by atoms with van der Waals surface area (Å²) in [6, 6.07) is 2.16. The van der Waals surface area contributed by atoms with Gasteiger partial charge in [0.25, 0.3) is 0 Å². The minimum atomic E-state index is 0.181. The molecule has 104 valence electrons. The Labute approximate surface area is 115 Å². The molecule has 1 atom stereocenters. The van der Waals surface area contributed by atoms with Gasteiger partial charge in [0.15, 0.2) is 5.82 Å². The molecule has 0 aromatic carbocycles. The first-order chi connectivity index (χ1) is 9.02. The van der Waals surface area contributed by atoms with E-state index in [1.54, 1.807) is 0 Å². The highest BCUT2D eigenvalue weighted by molar-refractivity contribution is 5.01. The van der Waals surface area contributed by atoms with Gasteiger partial charge in [0, 0.05) is 18.3 Å². The standard InChI is InChI=1S/C15H23N3O/c1-11(5-4-10-16)14-17-13(18-19-14)12-6-8-15(2,3)9-7-12/h11-12H,4-9H2,1-3H3. The van der Waals surface area contributed by atoms with Crippen molar-refractivity contribution in [2.45, 2.75) is 71.1 Å². The van der Waals surface area contributed by atoms with Crippen LogP contribution in [0.3, 0.4) is 0 Å². The van der Waals surface area contributed by atoms with Gasteiger partial charge in [-0.3, -0.25) is 0 Å². The van der Waals surface area contributed by atoms with E-state index in [1.807, 2.05) is 6.92 Å². The van der Waals surface area contributed by atoms with Crippen molar-refractivity contribution < 1.29 is 4.52 Å². The molecule has 2 rings (SSSR count). The summed E-state index contributed by atoms with van der Waals surface area (Å²) in [6.45, 7) is 6.70. The second kappa shape index (κ2) is 5.73. The molecular weight excluding hydrogens is 238 g/mol. The highest BCUT2D eigenvalue weighted by Gasteiger charge is 2.30. The Hall–Kier alpha value is -1.37. The Balaban J connectivity index is 1.96. The molecule has 1 saturated carbocycles. The molecule has 19 heavy (non-hydrogen) atoms. The van der Waals surface area contributed by atoms with Gasteiger partial charge in [-0.2, -0.15) is 10.2 Å². The van der Waals surface area contributed by atoms with E-state index in [-0.39, 0.29) is 5.92 Å². The zero-order chi connectivity index (χ0) is 13.9. The Bertz CT molecular complexity index is 448. The molecule has 1 aromatic rings. The van der Waals surface area contributed by atoms with Crippen LogP contribution in [-0.2, 0) is 0 Å². The normalized spacial score (nSPS) is 20.9. The molecule has 0 radical (unpaired) electrons. The first-order valence-electron chi connectivity index (χ1n) is 7.22. The van der Waals surface area contributed by atoms with E-state index in [4.69, 9.17) is 9.78 Å². The van der Waals surface area contributed by atoms with Gasteiger partial charge >= 0.3 is 0 Å². The van der Waals surface area contributed by atoms with Crippen LogP contribution < -0.4 is 0 Å². The fourth-order valence-electron chi connectivity index (χ4n) is 2.68. The van der Waals surface area contributed by atoms with E-state index in [0.717, 1.165) is 25.1 Å². The maximum Gasteiger partial charge on any atom is 0.229 e. The van der Waals surface area contributed by atoms with Gasteiger partial charge in [-0.25, -0.2) is 0 Å². The third kappa shape index (κ3) is 3.56. The molecule has 0 bridgehead atoms. The Morgan fingerprint density at radius 3 is 2.74 bits per heavy atom. The average Bonchev–Trinajstić information content (AvgIpc) is 2.85. The predicted molar refractivity (Wildman–Crippen MR) is 72.6 cm³/mol. The third-order valence-electron chi connectivity index (χ3n) is 4.27. The van der Waals surface area contributed by atoms with Gasteiger partial charge in [0.1, 0.15) is 0 Å². The lowest BCUT2D eigenvalue weighted by Gasteiger charge is -2.32. The van der Waals surface area contributed by atoms with Crippen molar-refractivity contribution in [3.63, 3.8) is 0 Å². The molecule has 4 nitrogen and oxygen atoms in total. The SMILES string of the molecule is CC(CCC#N)c1nc(C2CCC(C)(C)CC2)no1. The molecule has 1 heterocycles. The molecule has 1 aliphatic carbocycles. The molecule has 1 aliphatic rings. The minimum Gasteiger partial charge on any atom is -0.339 e. The van der Waals surface area contributed by atoms with Crippen LogP contribution in [-0.4, -0.2) is 10.1 Å². The molecule has 1 unspecified atom stereocenters. The number of nitriles is 1. The number of nitrogens with zero attached hydrogens (tertiary/aromatic N) is 3. The van der Waals surface area contributed by atoms with Crippen LogP contribution in [0.25, 0.3) is 0 Å². The van der Waals surface area contributed by atoms with E-state index in [2.05, 4.69) is 30.1 Å². The second-order valence-corrected chi connectivity index (χ2v) is 6.53. The van der Waals surface area contributed by atoms with Crippen molar-refractivity contribution in [3.8, 4) is 6.07 Å². The molecular formula is C15H23N3O. The lowest BCUT2D eigenvalue weighted by molar-refractivity contribution is 0.218. The molecule has 0 spiro atoms. The number of hydrogen-bond donors (Lipinski definition) is 0. The largest absolute Gasteiger partial charge is 0.339 e. The summed E-state index contributed by atoms with van der Waals surface area (Å²) < 4.78 is 5.36. The van der Waals surface area contributed by atoms with Crippen molar-refractivity contribution in [1.82, 2.24) is 10.1 Å². The van der Waals surface area contributed by atoms with Gasteiger partial charge in [0.2, 0.25) is 5.89 Å².